The minimum absolute atomic E-state index is 0.00295. The number of hydrogen-bond donors (Lipinski definition) is 0. The van der Waals surface area contributed by atoms with Crippen molar-refractivity contribution in [1.29, 1.82) is 5.26 Å². The van der Waals surface area contributed by atoms with Gasteiger partial charge in [0.2, 0.25) is 5.91 Å². The van der Waals surface area contributed by atoms with E-state index in [9.17, 15) is 10.1 Å². The van der Waals surface area contributed by atoms with Gasteiger partial charge in [-0.05, 0) is 41.8 Å². The molecule has 1 saturated heterocycles. The summed E-state index contributed by atoms with van der Waals surface area (Å²) in [6.07, 6.45) is 5.18. The summed E-state index contributed by atoms with van der Waals surface area (Å²) in [7, 11) is 0. The Morgan fingerprint density at radius 1 is 1.17 bits per heavy atom. The Balaban J connectivity index is 1.47. The fourth-order valence-electron chi connectivity index (χ4n) is 3.46. The first-order valence-corrected chi connectivity index (χ1v) is 10.3. The number of ether oxygens (including phenoxy) is 1. The van der Waals surface area contributed by atoms with Crippen molar-refractivity contribution in [1.82, 2.24) is 14.8 Å². The van der Waals surface area contributed by atoms with E-state index in [-0.39, 0.29) is 17.9 Å². The molecule has 0 aliphatic carbocycles. The van der Waals surface area contributed by atoms with Gasteiger partial charge in [-0.1, -0.05) is 32.0 Å². The molecule has 6 nitrogen and oxygen atoms in total. The highest BCUT2D eigenvalue weighted by atomic mass is 16.5. The van der Waals surface area contributed by atoms with Crippen molar-refractivity contribution in [2.24, 2.45) is 5.92 Å². The second-order valence-corrected chi connectivity index (χ2v) is 7.69. The van der Waals surface area contributed by atoms with Crippen LogP contribution in [-0.4, -0.2) is 52.9 Å². The van der Waals surface area contributed by atoms with Crippen LogP contribution in [0, 0.1) is 17.2 Å². The zero-order valence-corrected chi connectivity index (χ0v) is 17.6. The summed E-state index contributed by atoms with van der Waals surface area (Å²) in [5.41, 5.74) is 1.82. The van der Waals surface area contributed by atoms with Crippen LogP contribution in [0.2, 0.25) is 0 Å². The van der Waals surface area contributed by atoms with Crippen molar-refractivity contribution in [3.63, 3.8) is 0 Å². The van der Waals surface area contributed by atoms with Gasteiger partial charge in [-0.25, -0.2) is 0 Å². The Labute approximate surface area is 178 Å². The number of aromatic nitrogens is 1. The molecule has 0 N–H and O–H groups in total. The van der Waals surface area contributed by atoms with Crippen LogP contribution in [0.4, 0.5) is 0 Å². The monoisotopic (exact) mass is 404 g/mol. The van der Waals surface area contributed by atoms with Crippen LogP contribution < -0.4 is 4.74 Å². The highest BCUT2D eigenvalue weighted by Gasteiger charge is 2.26. The lowest BCUT2D eigenvalue weighted by atomic mass is 10.0. The zero-order chi connectivity index (χ0) is 21.3. The number of pyridine rings is 1. The fraction of sp³-hybridized carbons (Fsp3) is 0.375. The number of benzene rings is 1. The van der Waals surface area contributed by atoms with Gasteiger partial charge in [-0.15, -0.1) is 0 Å². The molecule has 2 aromatic rings. The van der Waals surface area contributed by atoms with Crippen LogP contribution in [0.1, 0.15) is 25.1 Å². The van der Waals surface area contributed by atoms with Crippen LogP contribution in [0.3, 0.4) is 0 Å². The summed E-state index contributed by atoms with van der Waals surface area (Å²) in [5.74, 6) is 1.05. The van der Waals surface area contributed by atoms with E-state index in [1.54, 1.807) is 12.3 Å². The third kappa shape index (κ3) is 5.91. The minimum Gasteiger partial charge on any atom is -0.487 e. The molecule has 30 heavy (non-hydrogen) atoms. The van der Waals surface area contributed by atoms with Gasteiger partial charge in [0, 0.05) is 38.5 Å². The topological polar surface area (TPSA) is 69.5 Å². The quantitative estimate of drug-likeness (QED) is 0.662. The Kier molecular flexibility index (Phi) is 7.58. The average molecular weight is 405 g/mol. The molecule has 0 saturated carbocycles. The van der Waals surface area contributed by atoms with Crippen LogP contribution in [0.15, 0.2) is 54.7 Å². The highest BCUT2D eigenvalue weighted by Crippen LogP contribution is 2.16. The number of hydrogen-bond acceptors (Lipinski definition) is 5. The Hall–Kier alpha value is -3.17. The van der Waals surface area contributed by atoms with E-state index in [0.717, 1.165) is 30.1 Å². The van der Waals surface area contributed by atoms with Gasteiger partial charge in [0.15, 0.2) is 0 Å². The second-order valence-electron chi connectivity index (χ2n) is 7.69. The molecule has 6 heteroatoms. The number of rotatable bonds is 7. The van der Waals surface area contributed by atoms with Crippen molar-refractivity contribution in [2.45, 2.75) is 26.5 Å². The van der Waals surface area contributed by atoms with Gasteiger partial charge in [-0.3, -0.25) is 14.7 Å². The molecule has 156 valence electrons. The maximum atomic E-state index is 12.5. The Bertz CT molecular complexity index is 880. The highest BCUT2D eigenvalue weighted by molar-refractivity contribution is 5.91. The van der Waals surface area contributed by atoms with Gasteiger partial charge in [0.1, 0.15) is 18.4 Å². The van der Waals surface area contributed by atoms with E-state index < -0.39 is 0 Å². The molecule has 1 fully saturated rings. The molecular weight excluding hydrogens is 376 g/mol. The third-order valence-electron chi connectivity index (χ3n) is 5.19. The largest absolute Gasteiger partial charge is 0.487 e. The third-order valence-corrected chi connectivity index (χ3v) is 5.19. The predicted molar refractivity (Wildman–Crippen MR) is 116 cm³/mol. The molecule has 3 rings (SSSR count). The number of carbonyl (C=O) groups is 1. The predicted octanol–water partition coefficient (Wildman–Crippen LogP) is 3.37. The maximum Gasteiger partial charge on any atom is 0.246 e. The normalized spacial score (nSPS) is 15.9. The molecule has 1 atom stereocenters. The van der Waals surface area contributed by atoms with Gasteiger partial charge in [0.25, 0.3) is 0 Å². The molecule has 1 aliphatic heterocycles. The molecule has 1 aliphatic rings. The summed E-state index contributed by atoms with van der Waals surface area (Å²) in [5, 5.41) is 9.35. The molecule has 1 aromatic heterocycles. The molecule has 1 amide bonds. The van der Waals surface area contributed by atoms with Crippen LogP contribution in [0.25, 0.3) is 6.08 Å². The number of nitriles is 1. The van der Waals surface area contributed by atoms with E-state index in [2.05, 4.69) is 29.8 Å². The zero-order valence-electron chi connectivity index (χ0n) is 17.6. The van der Waals surface area contributed by atoms with E-state index in [0.29, 0.717) is 19.7 Å². The minimum atomic E-state index is -0.0869. The van der Waals surface area contributed by atoms with Crippen molar-refractivity contribution in [2.75, 3.05) is 26.2 Å². The lowest BCUT2D eigenvalue weighted by molar-refractivity contribution is -0.127. The number of nitrogens with zero attached hydrogens (tertiary/aromatic N) is 4. The van der Waals surface area contributed by atoms with E-state index in [1.807, 2.05) is 53.4 Å². The molecule has 1 unspecified atom stereocenters. The Morgan fingerprint density at radius 3 is 2.50 bits per heavy atom. The smallest absolute Gasteiger partial charge is 0.246 e. The summed E-state index contributed by atoms with van der Waals surface area (Å²) in [6, 6.07) is 15.7. The summed E-state index contributed by atoms with van der Waals surface area (Å²) < 4.78 is 5.73. The number of piperazine rings is 1. The first-order chi connectivity index (χ1) is 14.6. The lowest BCUT2D eigenvalue weighted by Crippen LogP contribution is -2.52. The summed E-state index contributed by atoms with van der Waals surface area (Å²) in [6.45, 7) is 7.30. The number of amides is 1. The van der Waals surface area contributed by atoms with Gasteiger partial charge in [0.05, 0.1) is 11.8 Å². The molecule has 1 aromatic carbocycles. The summed E-state index contributed by atoms with van der Waals surface area (Å²) >= 11 is 0. The van der Waals surface area contributed by atoms with Gasteiger partial charge in [-0.2, -0.15) is 5.26 Å². The molecular formula is C24H28N4O2. The van der Waals surface area contributed by atoms with Crippen molar-refractivity contribution < 1.29 is 9.53 Å². The summed E-state index contributed by atoms with van der Waals surface area (Å²) in [4.78, 5) is 20.7. The van der Waals surface area contributed by atoms with Gasteiger partial charge < -0.3 is 9.64 Å². The molecule has 0 bridgehead atoms. The maximum absolute atomic E-state index is 12.5. The van der Waals surface area contributed by atoms with Crippen LogP contribution in [-0.2, 0) is 11.4 Å². The SMILES string of the molecule is CC(C)C(C#N)N1CCN(C(=O)/C=C/c2ccc(OCc3ccccn3)cc2)CC1. The van der Waals surface area contributed by atoms with E-state index in [4.69, 9.17) is 4.74 Å². The first kappa shape index (κ1) is 21.5. The van der Waals surface area contributed by atoms with Crippen molar-refractivity contribution in [3.05, 3.63) is 66.0 Å². The lowest BCUT2D eigenvalue weighted by Gasteiger charge is -2.37. The average Bonchev–Trinajstić information content (AvgIpc) is 2.78. The molecule has 2 heterocycles. The molecule has 0 radical (unpaired) electrons. The molecule has 0 spiro atoms. The first-order valence-electron chi connectivity index (χ1n) is 10.3. The van der Waals surface area contributed by atoms with Crippen LogP contribution >= 0.6 is 0 Å². The second kappa shape index (κ2) is 10.6. The van der Waals surface area contributed by atoms with Crippen LogP contribution in [0.5, 0.6) is 5.75 Å². The van der Waals surface area contributed by atoms with Crippen molar-refractivity contribution in [3.8, 4) is 11.8 Å². The van der Waals surface area contributed by atoms with E-state index >= 15 is 0 Å². The standard InChI is InChI=1S/C24H28N4O2/c1-19(2)23(17-25)27-13-15-28(16-14-27)24(29)11-8-20-6-9-22(10-7-20)30-18-21-5-3-4-12-26-21/h3-12,19,23H,13-16,18H2,1-2H3/b11-8+. The number of carbonyl (C=O) groups excluding carboxylic acids is 1. The van der Waals surface area contributed by atoms with Crippen molar-refractivity contribution >= 4 is 12.0 Å². The Morgan fingerprint density at radius 2 is 1.90 bits per heavy atom. The van der Waals surface area contributed by atoms with Gasteiger partial charge >= 0.3 is 0 Å². The van der Waals surface area contributed by atoms with E-state index in [1.165, 1.54) is 0 Å². The fourth-order valence-corrected chi connectivity index (χ4v) is 3.46.